The van der Waals surface area contributed by atoms with Crippen LogP contribution in [-0.4, -0.2) is 30.0 Å². The van der Waals surface area contributed by atoms with Crippen molar-refractivity contribution >= 4 is 23.5 Å². The number of alkyl halides is 1. The molecule has 0 aliphatic heterocycles. The normalized spacial score (nSPS) is 11.1. The average molecular weight is 279 g/mol. The fourth-order valence-corrected chi connectivity index (χ4v) is 1.33. The molecule has 0 fully saturated rings. The van der Waals surface area contributed by atoms with Crippen molar-refractivity contribution in [2.75, 3.05) is 13.2 Å². The van der Waals surface area contributed by atoms with Crippen molar-refractivity contribution in [3.63, 3.8) is 0 Å². The van der Waals surface area contributed by atoms with Gasteiger partial charge >= 0.3 is 11.9 Å². The first kappa shape index (κ1) is 17.2. The summed E-state index contributed by atoms with van der Waals surface area (Å²) in [4.78, 5) is 21.9. The number of halogens is 1. The Hall–Kier alpha value is -0.770. The minimum atomic E-state index is -1.69. The lowest BCUT2D eigenvalue weighted by Crippen LogP contribution is -2.43. The lowest BCUT2D eigenvalue weighted by Gasteiger charge is -2.21. The minimum Gasteiger partial charge on any atom is -0.464 e. The van der Waals surface area contributed by atoms with E-state index in [0.29, 0.717) is 0 Å². The Morgan fingerprint density at radius 2 is 1.33 bits per heavy atom. The number of carbonyl (C=O) groups excluding carboxylic acids is 2. The second kappa shape index (κ2) is 9.20. The molecule has 0 saturated carbocycles. The van der Waals surface area contributed by atoms with E-state index in [9.17, 15) is 9.59 Å². The molecule has 0 aromatic heterocycles. The van der Waals surface area contributed by atoms with E-state index < -0.39 is 16.8 Å². The van der Waals surface area contributed by atoms with Gasteiger partial charge in [0, 0.05) is 0 Å². The van der Waals surface area contributed by atoms with Gasteiger partial charge in [-0.15, -0.1) is 0 Å². The van der Waals surface area contributed by atoms with Crippen molar-refractivity contribution in [1.29, 1.82) is 0 Å². The summed E-state index contributed by atoms with van der Waals surface area (Å²) in [6.07, 6.45) is 3.50. The van der Waals surface area contributed by atoms with E-state index in [2.05, 4.69) is 0 Å². The zero-order chi connectivity index (χ0) is 14.0. The van der Waals surface area contributed by atoms with Gasteiger partial charge in [-0.3, -0.25) is 0 Å². The summed E-state index contributed by atoms with van der Waals surface area (Å²) in [5.41, 5.74) is 0. The highest BCUT2D eigenvalue weighted by Crippen LogP contribution is 2.24. The first-order chi connectivity index (χ1) is 8.52. The molecule has 0 aliphatic carbocycles. The average Bonchev–Trinajstić information content (AvgIpc) is 2.38. The van der Waals surface area contributed by atoms with Crippen LogP contribution in [0.4, 0.5) is 0 Å². The highest BCUT2D eigenvalue weighted by molar-refractivity contribution is 6.44. The Labute approximate surface area is 114 Å². The molecule has 0 saturated heterocycles. The molecular weight excluding hydrogens is 256 g/mol. The molecule has 0 amide bonds. The maximum absolute atomic E-state index is 11.8. The third-order valence-electron chi connectivity index (χ3n) is 2.60. The van der Waals surface area contributed by atoms with Crippen LogP contribution in [0.25, 0.3) is 0 Å². The first-order valence-corrected chi connectivity index (χ1v) is 6.94. The zero-order valence-electron chi connectivity index (χ0n) is 11.5. The standard InChI is InChI=1S/C13H23ClO4/c1-4-7-9-17-11(15)13(14,6-3)12(16)18-10-8-5-2/h4-10H2,1-3H3. The molecule has 0 aliphatic rings. The van der Waals surface area contributed by atoms with E-state index in [1.807, 2.05) is 13.8 Å². The second-order valence-corrected chi connectivity index (χ2v) is 4.78. The van der Waals surface area contributed by atoms with E-state index in [-0.39, 0.29) is 19.6 Å². The van der Waals surface area contributed by atoms with E-state index in [1.54, 1.807) is 6.92 Å². The van der Waals surface area contributed by atoms with Crippen LogP contribution < -0.4 is 0 Å². The topological polar surface area (TPSA) is 52.6 Å². The molecule has 0 N–H and O–H groups in total. The van der Waals surface area contributed by atoms with Gasteiger partial charge in [0.05, 0.1) is 13.2 Å². The van der Waals surface area contributed by atoms with Crippen LogP contribution in [0, 0.1) is 0 Å². The second-order valence-electron chi connectivity index (χ2n) is 4.13. The molecule has 0 rings (SSSR count). The third-order valence-corrected chi connectivity index (χ3v) is 3.17. The van der Waals surface area contributed by atoms with Crippen LogP contribution in [0.2, 0.25) is 0 Å². The van der Waals surface area contributed by atoms with Gasteiger partial charge in [0.2, 0.25) is 4.87 Å². The van der Waals surface area contributed by atoms with Crippen LogP contribution in [0.1, 0.15) is 52.9 Å². The number of unbranched alkanes of at least 4 members (excludes halogenated alkanes) is 2. The maximum Gasteiger partial charge on any atom is 0.338 e. The smallest absolute Gasteiger partial charge is 0.338 e. The highest BCUT2D eigenvalue weighted by Gasteiger charge is 2.45. The molecule has 0 radical (unpaired) electrons. The van der Waals surface area contributed by atoms with Crippen molar-refractivity contribution in [2.24, 2.45) is 0 Å². The zero-order valence-corrected chi connectivity index (χ0v) is 12.2. The van der Waals surface area contributed by atoms with Gasteiger partial charge in [0.1, 0.15) is 0 Å². The van der Waals surface area contributed by atoms with Crippen LogP contribution >= 0.6 is 11.6 Å². The lowest BCUT2D eigenvalue weighted by molar-refractivity contribution is -0.160. The number of carbonyl (C=O) groups is 2. The summed E-state index contributed by atoms with van der Waals surface area (Å²) < 4.78 is 9.99. The van der Waals surface area contributed by atoms with E-state index >= 15 is 0 Å². The molecule has 0 atom stereocenters. The predicted molar refractivity (Wildman–Crippen MR) is 70.6 cm³/mol. The number of ether oxygens (including phenoxy) is 2. The molecule has 18 heavy (non-hydrogen) atoms. The van der Waals surface area contributed by atoms with Crippen molar-refractivity contribution in [2.45, 2.75) is 57.7 Å². The maximum atomic E-state index is 11.8. The van der Waals surface area contributed by atoms with Gasteiger partial charge in [-0.1, -0.05) is 45.2 Å². The van der Waals surface area contributed by atoms with Crippen molar-refractivity contribution in [3.05, 3.63) is 0 Å². The van der Waals surface area contributed by atoms with Gasteiger partial charge in [0.15, 0.2) is 0 Å². The fraction of sp³-hybridized carbons (Fsp3) is 0.846. The van der Waals surface area contributed by atoms with Gasteiger partial charge < -0.3 is 9.47 Å². The molecule has 5 heteroatoms. The molecule has 0 spiro atoms. The summed E-state index contributed by atoms with van der Waals surface area (Å²) in [6, 6.07) is 0. The fourth-order valence-electron chi connectivity index (χ4n) is 1.22. The molecule has 0 unspecified atom stereocenters. The van der Waals surface area contributed by atoms with Crippen molar-refractivity contribution in [3.8, 4) is 0 Å². The molecule has 0 aromatic carbocycles. The van der Waals surface area contributed by atoms with Gasteiger partial charge in [-0.05, 0) is 19.3 Å². The lowest BCUT2D eigenvalue weighted by atomic mass is 10.1. The number of esters is 2. The van der Waals surface area contributed by atoms with Crippen LogP contribution in [0.5, 0.6) is 0 Å². The van der Waals surface area contributed by atoms with E-state index in [1.165, 1.54) is 0 Å². The molecule has 0 bridgehead atoms. The summed E-state index contributed by atoms with van der Waals surface area (Å²) in [6.45, 7) is 6.20. The monoisotopic (exact) mass is 278 g/mol. The Balaban J connectivity index is 4.37. The molecular formula is C13H23ClO4. The SMILES string of the molecule is CCCCOC(=O)C(Cl)(CC)C(=O)OCCCC. The summed E-state index contributed by atoms with van der Waals surface area (Å²) in [5.74, 6) is -1.41. The van der Waals surface area contributed by atoms with Crippen molar-refractivity contribution < 1.29 is 19.1 Å². The molecule has 4 nitrogen and oxygen atoms in total. The van der Waals surface area contributed by atoms with Crippen molar-refractivity contribution in [1.82, 2.24) is 0 Å². The Kier molecular flexibility index (Phi) is 8.81. The Bertz CT molecular complexity index is 244. The molecule has 0 heterocycles. The predicted octanol–water partition coefficient (Wildman–Crippen LogP) is 3.06. The number of hydrogen-bond acceptors (Lipinski definition) is 4. The summed E-state index contributed by atoms with van der Waals surface area (Å²) in [5, 5.41) is 0. The van der Waals surface area contributed by atoms with Crippen LogP contribution in [0.15, 0.2) is 0 Å². The molecule has 106 valence electrons. The number of rotatable bonds is 9. The van der Waals surface area contributed by atoms with Gasteiger partial charge in [-0.25, -0.2) is 9.59 Å². The van der Waals surface area contributed by atoms with Crippen LogP contribution in [-0.2, 0) is 19.1 Å². The largest absolute Gasteiger partial charge is 0.464 e. The summed E-state index contributed by atoms with van der Waals surface area (Å²) >= 11 is 6.03. The number of hydrogen-bond donors (Lipinski definition) is 0. The summed E-state index contributed by atoms with van der Waals surface area (Å²) in [7, 11) is 0. The van der Waals surface area contributed by atoms with Crippen LogP contribution in [0.3, 0.4) is 0 Å². The Morgan fingerprint density at radius 1 is 0.944 bits per heavy atom. The molecule has 0 aromatic rings. The third kappa shape index (κ3) is 5.25. The first-order valence-electron chi connectivity index (χ1n) is 6.56. The van der Waals surface area contributed by atoms with E-state index in [4.69, 9.17) is 21.1 Å². The Morgan fingerprint density at radius 3 is 1.61 bits per heavy atom. The quantitative estimate of drug-likeness (QED) is 0.281. The minimum absolute atomic E-state index is 0.157. The van der Waals surface area contributed by atoms with E-state index in [0.717, 1.165) is 25.7 Å². The van der Waals surface area contributed by atoms with Gasteiger partial charge in [0.25, 0.3) is 0 Å². The van der Waals surface area contributed by atoms with Gasteiger partial charge in [-0.2, -0.15) is 0 Å². The highest BCUT2D eigenvalue weighted by atomic mass is 35.5.